The number of halogens is 4. The minimum absolute atomic E-state index is 0.0309. The number of nitrogen functional groups attached to an aromatic ring is 1. The fraction of sp³-hybridized carbons (Fsp3) is 0.379. The van der Waals surface area contributed by atoms with Gasteiger partial charge in [0.25, 0.3) is 22.9 Å². The summed E-state index contributed by atoms with van der Waals surface area (Å²) in [6.45, 7) is 14.4. The summed E-state index contributed by atoms with van der Waals surface area (Å²) < 4.78 is 93.3. The van der Waals surface area contributed by atoms with Crippen molar-refractivity contribution in [1.82, 2.24) is 47.8 Å². The van der Waals surface area contributed by atoms with Gasteiger partial charge in [0.2, 0.25) is 0 Å². The van der Waals surface area contributed by atoms with Gasteiger partial charge in [0.1, 0.15) is 35.8 Å². The Bertz CT molecular complexity index is 5910. The van der Waals surface area contributed by atoms with Gasteiger partial charge in [-0.25, -0.2) is 41.5 Å². The van der Waals surface area contributed by atoms with Crippen molar-refractivity contribution in [3.8, 4) is 0 Å². The van der Waals surface area contributed by atoms with Crippen LogP contribution < -0.4 is 55.9 Å². The number of alkyl halides is 4. The number of hydrogen-bond acceptors (Lipinski definition) is 21. The Labute approximate surface area is 687 Å². The van der Waals surface area contributed by atoms with Crippen molar-refractivity contribution in [3.05, 3.63) is 266 Å². The van der Waals surface area contributed by atoms with E-state index < -0.39 is 126 Å². The highest BCUT2D eigenvalue weighted by Gasteiger charge is 2.49. The highest BCUT2D eigenvalue weighted by molar-refractivity contribution is 6.08. The maximum atomic E-state index is 15.0. The Morgan fingerprint density at radius 3 is 1.02 bits per heavy atom. The van der Waals surface area contributed by atoms with Crippen LogP contribution >= 0.6 is 0 Å². The number of benzene rings is 7. The van der Waals surface area contributed by atoms with Crippen LogP contribution in [0.25, 0.3) is 54.5 Å². The normalized spacial score (nSPS) is 26.6. The van der Waals surface area contributed by atoms with Crippen molar-refractivity contribution in [2.24, 2.45) is 23.7 Å². The Balaban J connectivity index is 0.000000132. The summed E-state index contributed by atoms with van der Waals surface area (Å²) in [5.41, 5.74) is 4.56. The molecule has 2 amide bonds. The molecule has 5 aliphatic rings. The standard InChI is InChI=1S/C22H22FN3O3.C20H18FN3O5.C15H18FN3O2.C15H17FN2O3.C15H18N2O4/c1-3-17-13(2)18(23)21(29-17)26-16-12-8-7-11-15(16)19(25-22(26)28)24-20(27)14-9-5-4-6-10-14;21-15-16(26)14(10-25)29-19(15)24-13-9-5-4-8-12(13)17(23-20(24)28)22-18(27)11-6-2-1-3-7-11;1-3-11-8(2)12(16)14(21-11)19-10-7-5-4-6-9(10)13(17)18-15(19)20;1-3-11-8(2)12(16)14(21-11)18-10-7-5-4-6-9(10)13(19)17-15(18)20;1-3-11-8(2)12(18)14(21-11)17-10-7-5-4-6-9(10)13(19)16-15(17)20/h4-13,17-18,21H,3H2,1-2H3,(H,24,25,27,28);1-9,14-16,19,25-26H,10H2,(H,22,23,27,28);4-8,11-12,14H,3H2,1-2H3,(H2,17,18,20);4-8,11-12,14H,3H2,1-2H3,(H,17,19,20);4-8,11-12,14,18H,3H2,1-2H3,(H,16,19,20)/t13-,17-,18-,21-;14-,15-,16-,19-;2*8-,11-,12-,14-;8-,11-,12+,14-/m11111/s1. The van der Waals surface area contributed by atoms with Gasteiger partial charge in [0, 0.05) is 51.0 Å². The molecule has 12 aromatic rings. The molecule has 0 aliphatic carbocycles. The van der Waals surface area contributed by atoms with Gasteiger partial charge in [0.15, 0.2) is 55.8 Å². The molecule has 0 spiro atoms. The summed E-state index contributed by atoms with van der Waals surface area (Å²) in [5.74, 6) is -1.45. The molecular weight excluding hydrogens is 1580 g/mol. The highest BCUT2D eigenvalue weighted by atomic mass is 19.1. The zero-order chi connectivity index (χ0) is 86.5. The van der Waals surface area contributed by atoms with Crippen LogP contribution in [0.5, 0.6) is 0 Å². The van der Waals surface area contributed by atoms with Gasteiger partial charge in [-0.3, -0.25) is 52.0 Å². The molecular formula is C87H93F4N13O17. The van der Waals surface area contributed by atoms with E-state index in [0.29, 0.717) is 79.4 Å². The number of aliphatic hydroxyl groups excluding tert-OH is 3. The first-order chi connectivity index (χ1) is 58.1. The highest BCUT2D eigenvalue weighted by Crippen LogP contribution is 2.43. The first-order valence-electron chi connectivity index (χ1n) is 39.9. The molecule has 9 N–H and O–H groups in total. The number of amides is 2. The summed E-state index contributed by atoms with van der Waals surface area (Å²) >= 11 is 0. The first kappa shape index (κ1) is 86.8. The van der Waals surface area contributed by atoms with Crippen LogP contribution in [0.1, 0.15) is 133 Å². The molecule has 0 saturated carbocycles. The topological polar surface area (TPSA) is 405 Å². The van der Waals surface area contributed by atoms with Crippen LogP contribution in [0.3, 0.4) is 0 Å². The maximum Gasteiger partial charge on any atom is 0.352 e. The van der Waals surface area contributed by atoms with E-state index in [4.69, 9.17) is 29.4 Å². The number of carbonyl (C=O) groups is 2. The number of fused-ring (bicyclic) bond motifs is 5. The molecule has 10 heterocycles. The number of nitrogens with one attached hydrogen (secondary N) is 4. The summed E-state index contributed by atoms with van der Waals surface area (Å²) in [7, 11) is 0. The first-order valence-corrected chi connectivity index (χ1v) is 39.9. The molecule has 20 atom stereocenters. The average molecular weight is 1670 g/mol. The van der Waals surface area contributed by atoms with Crippen molar-refractivity contribution < 1.29 is 66.2 Å². The molecule has 34 heteroatoms. The number of hydrogen-bond donors (Lipinski definition) is 8. The lowest BCUT2D eigenvalue weighted by Gasteiger charge is -2.20. The Kier molecular flexibility index (Phi) is 26.8. The molecule has 17 rings (SSSR count). The lowest BCUT2D eigenvalue weighted by Crippen LogP contribution is -2.36. The van der Waals surface area contributed by atoms with E-state index in [0.717, 1.165) is 11.0 Å². The van der Waals surface area contributed by atoms with E-state index in [1.165, 1.54) is 18.3 Å². The minimum Gasteiger partial charge on any atom is -0.394 e. The molecule has 5 aliphatic heterocycles. The van der Waals surface area contributed by atoms with Crippen molar-refractivity contribution in [2.75, 3.05) is 23.0 Å². The van der Waals surface area contributed by atoms with Crippen LogP contribution in [0.15, 0.2) is 216 Å². The van der Waals surface area contributed by atoms with Crippen molar-refractivity contribution in [3.63, 3.8) is 0 Å². The summed E-state index contributed by atoms with van der Waals surface area (Å²) in [6, 6.07) is 51.1. The number of carbonyl (C=O) groups excluding carboxylic acids is 2. The second kappa shape index (κ2) is 37.3. The van der Waals surface area contributed by atoms with E-state index in [9.17, 15) is 76.0 Å². The van der Waals surface area contributed by atoms with Crippen molar-refractivity contribution >= 4 is 83.8 Å². The number of H-pyrrole nitrogens is 2. The van der Waals surface area contributed by atoms with Gasteiger partial charge in [-0.05, 0) is 111 Å². The number of ether oxygens (including phenoxy) is 5. The van der Waals surface area contributed by atoms with Crippen LogP contribution in [0.2, 0.25) is 0 Å². The van der Waals surface area contributed by atoms with E-state index >= 15 is 0 Å². The molecule has 0 unspecified atom stereocenters. The molecule has 5 fully saturated rings. The van der Waals surface area contributed by atoms with Crippen LogP contribution in [-0.2, 0) is 23.7 Å². The lowest BCUT2D eigenvalue weighted by atomic mass is 9.99. The van der Waals surface area contributed by atoms with E-state index in [1.807, 2.05) is 40.7 Å². The fourth-order valence-corrected chi connectivity index (χ4v) is 16.2. The molecule has 0 radical (unpaired) electrons. The number of aromatic amines is 2. The monoisotopic (exact) mass is 1670 g/mol. The molecule has 7 aromatic carbocycles. The number of rotatable bonds is 14. The van der Waals surface area contributed by atoms with Crippen LogP contribution in [0, 0.1) is 23.7 Å². The number of anilines is 3. The van der Waals surface area contributed by atoms with Gasteiger partial charge in [-0.15, -0.1) is 0 Å². The van der Waals surface area contributed by atoms with Gasteiger partial charge >= 0.3 is 28.4 Å². The molecule has 636 valence electrons. The zero-order valence-corrected chi connectivity index (χ0v) is 67.1. The summed E-state index contributed by atoms with van der Waals surface area (Å²) in [6.07, 6.45) is -12.6. The predicted molar refractivity (Wildman–Crippen MR) is 445 cm³/mol. The van der Waals surface area contributed by atoms with Crippen molar-refractivity contribution in [1.29, 1.82) is 0 Å². The van der Waals surface area contributed by atoms with Gasteiger partial charge < -0.3 is 55.4 Å². The quantitative estimate of drug-likeness (QED) is 0.0469. The molecule has 5 saturated heterocycles. The average Bonchev–Trinajstić information content (AvgIpc) is 1.74. The van der Waals surface area contributed by atoms with Gasteiger partial charge in [-0.2, -0.15) is 15.0 Å². The second-order valence-corrected chi connectivity index (χ2v) is 30.2. The summed E-state index contributed by atoms with van der Waals surface area (Å²) in [4.78, 5) is 127. The minimum atomic E-state index is -1.93. The SMILES string of the molecule is CC[C@H]1O[C@@H](n2c(=O)[nH]c(=O)c3ccccc32)[C@@H](O)[C@@H]1C.CC[C@H]1O[C@@H](n2c(=O)[nH]c(=O)c3ccccc32)[C@H](F)[C@@H]1C.CC[C@H]1O[C@@H](n2c(=O)nc(N)c3ccccc32)[C@H](F)[C@@H]1C.CC[C@H]1O[C@@H](n2c(=O)nc(NC(=O)c3ccccc3)c3ccccc32)[C@H](F)[C@@H]1C.O=C(Nc1nc(=O)n([C@@H]2O[C@H](CO)[C@@H](O)[C@H]2F)c2ccccc12)c1ccccc1. The maximum absolute atomic E-state index is 15.0. The number of nitrogens with two attached hydrogens (primary N) is 1. The van der Waals surface area contributed by atoms with Crippen LogP contribution in [-0.4, -0.2) is 149 Å². The number of nitrogens with zero attached hydrogens (tertiary/aromatic N) is 8. The summed E-state index contributed by atoms with van der Waals surface area (Å²) in [5, 5.41) is 37.2. The van der Waals surface area contributed by atoms with Crippen molar-refractivity contribution in [2.45, 2.75) is 180 Å². The number of para-hydroxylation sites is 5. The van der Waals surface area contributed by atoms with E-state index in [1.54, 1.807) is 197 Å². The Hall–Kier alpha value is -12.0. The Morgan fingerprint density at radius 1 is 0.380 bits per heavy atom. The van der Waals surface area contributed by atoms with Gasteiger partial charge in [0.05, 0.1) is 69.4 Å². The zero-order valence-electron chi connectivity index (χ0n) is 67.1. The number of aliphatic hydroxyl groups is 3. The number of aromatic nitrogens is 10. The third-order valence-electron chi connectivity index (χ3n) is 22.9. The predicted octanol–water partition coefficient (Wildman–Crippen LogP) is 10.4. The molecule has 0 bridgehead atoms. The fourth-order valence-electron chi connectivity index (χ4n) is 16.2. The smallest absolute Gasteiger partial charge is 0.352 e. The second-order valence-electron chi connectivity index (χ2n) is 30.2. The van der Waals surface area contributed by atoms with Crippen LogP contribution in [0.4, 0.5) is 35.0 Å². The Morgan fingerprint density at radius 2 is 0.669 bits per heavy atom. The van der Waals surface area contributed by atoms with E-state index in [-0.39, 0.29) is 77.0 Å². The molecule has 5 aromatic heterocycles. The van der Waals surface area contributed by atoms with E-state index in [2.05, 4.69) is 35.6 Å². The largest absolute Gasteiger partial charge is 0.394 e. The third kappa shape index (κ3) is 17.3. The lowest BCUT2D eigenvalue weighted by molar-refractivity contribution is -0.0472. The third-order valence-corrected chi connectivity index (χ3v) is 22.9. The van der Waals surface area contributed by atoms with Gasteiger partial charge in [-0.1, -0.05) is 152 Å². The molecule has 30 nitrogen and oxygen atoms in total. The molecule has 121 heavy (non-hydrogen) atoms.